The number of hydroxylamine groups is 4. The minimum absolute atomic E-state index is 0.0555. The van der Waals surface area contributed by atoms with Crippen LogP contribution in [0.1, 0.15) is 42.4 Å². The molecule has 28 heavy (non-hydrogen) atoms. The number of halogens is 1. The van der Waals surface area contributed by atoms with Crippen molar-refractivity contribution in [3.05, 3.63) is 39.6 Å². The first-order valence-corrected chi connectivity index (χ1v) is 10.1. The highest BCUT2D eigenvalue weighted by Crippen LogP contribution is 2.49. The lowest BCUT2D eigenvalue weighted by Gasteiger charge is -2.43. The second-order valence-electron chi connectivity index (χ2n) is 7.93. The fraction of sp³-hybridized carbons (Fsp3) is 0.600. The van der Waals surface area contributed by atoms with Gasteiger partial charge in [0, 0.05) is 35.7 Å². The highest BCUT2D eigenvalue weighted by atomic mass is 35.5. The molecule has 0 aromatic heterocycles. The van der Waals surface area contributed by atoms with Crippen molar-refractivity contribution < 1.29 is 25.0 Å². The lowest BCUT2D eigenvalue weighted by Crippen LogP contribution is -2.56. The predicted molar refractivity (Wildman–Crippen MR) is 104 cm³/mol. The molecule has 3 N–H and O–H groups in total. The molecule has 2 atom stereocenters. The number of hydrogen-bond acceptors (Lipinski definition) is 7. The molecule has 3 aliphatic rings. The molecule has 2 fully saturated rings. The van der Waals surface area contributed by atoms with Gasteiger partial charge in [0.05, 0.1) is 6.61 Å². The van der Waals surface area contributed by atoms with Crippen LogP contribution < -0.4 is 0 Å². The molecule has 1 aromatic rings. The van der Waals surface area contributed by atoms with Crippen molar-refractivity contribution in [2.45, 2.75) is 57.6 Å². The van der Waals surface area contributed by atoms with Crippen molar-refractivity contribution in [3.8, 4) is 0 Å². The SMILES string of the molecule is Cc1cc(C)c(C2=C(O)C3(CCN(O)CC3)N(OC3CCCO3)C2O)c(Cl)c1. The Kier molecular flexibility index (Phi) is 5.43. The molecule has 0 amide bonds. The van der Waals surface area contributed by atoms with Gasteiger partial charge in [-0.15, -0.1) is 5.06 Å². The van der Waals surface area contributed by atoms with Crippen molar-refractivity contribution in [3.63, 3.8) is 0 Å². The Labute approximate surface area is 169 Å². The number of aliphatic hydroxyl groups excluding tert-OH is 2. The van der Waals surface area contributed by atoms with Crippen LogP contribution in [-0.4, -0.2) is 63.3 Å². The van der Waals surface area contributed by atoms with Gasteiger partial charge in [-0.25, -0.2) is 0 Å². The molecule has 4 rings (SSSR count). The minimum atomic E-state index is -1.19. The zero-order valence-electron chi connectivity index (χ0n) is 16.2. The summed E-state index contributed by atoms with van der Waals surface area (Å²) in [6.07, 6.45) is 0.789. The van der Waals surface area contributed by atoms with Gasteiger partial charge in [0.25, 0.3) is 0 Å². The molecule has 3 heterocycles. The van der Waals surface area contributed by atoms with E-state index in [1.807, 2.05) is 26.0 Å². The molecule has 0 radical (unpaired) electrons. The first kappa shape index (κ1) is 20.1. The van der Waals surface area contributed by atoms with Crippen molar-refractivity contribution >= 4 is 17.2 Å². The van der Waals surface area contributed by atoms with Gasteiger partial charge in [-0.2, -0.15) is 5.06 Å². The van der Waals surface area contributed by atoms with Crippen LogP contribution in [0.5, 0.6) is 0 Å². The highest BCUT2D eigenvalue weighted by Gasteiger charge is 2.56. The summed E-state index contributed by atoms with van der Waals surface area (Å²) in [6, 6.07) is 3.80. The highest BCUT2D eigenvalue weighted by molar-refractivity contribution is 6.32. The molecule has 154 valence electrons. The number of aliphatic hydroxyl groups is 2. The Morgan fingerprint density at radius 1 is 1.25 bits per heavy atom. The fourth-order valence-electron chi connectivity index (χ4n) is 4.57. The van der Waals surface area contributed by atoms with E-state index in [0.717, 1.165) is 24.0 Å². The maximum Gasteiger partial charge on any atom is 0.177 e. The van der Waals surface area contributed by atoms with Gasteiger partial charge < -0.3 is 20.2 Å². The van der Waals surface area contributed by atoms with E-state index in [1.54, 1.807) is 0 Å². The molecule has 2 unspecified atom stereocenters. The second kappa shape index (κ2) is 7.57. The maximum absolute atomic E-state index is 11.3. The van der Waals surface area contributed by atoms with Crippen LogP contribution in [0, 0.1) is 13.8 Å². The first-order chi connectivity index (χ1) is 13.3. The average molecular weight is 411 g/mol. The van der Waals surface area contributed by atoms with Crippen LogP contribution in [0.3, 0.4) is 0 Å². The summed E-state index contributed by atoms with van der Waals surface area (Å²) in [5.74, 6) is 0.0555. The smallest absolute Gasteiger partial charge is 0.177 e. The van der Waals surface area contributed by atoms with E-state index in [2.05, 4.69) is 0 Å². The summed E-state index contributed by atoms with van der Waals surface area (Å²) in [5.41, 5.74) is 1.95. The predicted octanol–water partition coefficient (Wildman–Crippen LogP) is 3.15. The minimum Gasteiger partial charge on any atom is -0.510 e. The standard InChI is InChI=1S/C20H27ClN2O5/c1-12-10-13(2)16(14(21)11-12)17-18(24)20(5-7-22(26)8-6-20)23(19(17)25)28-15-4-3-9-27-15/h10-11,15,19,24-26H,3-9H2,1-2H3. The third kappa shape index (κ3) is 3.25. The Bertz CT molecular complexity index is 762. The summed E-state index contributed by atoms with van der Waals surface area (Å²) < 4.78 is 5.60. The lowest BCUT2D eigenvalue weighted by molar-refractivity contribution is -0.337. The van der Waals surface area contributed by atoms with Gasteiger partial charge in [0.15, 0.2) is 12.5 Å². The monoisotopic (exact) mass is 410 g/mol. The van der Waals surface area contributed by atoms with Gasteiger partial charge in [-0.05, 0) is 50.3 Å². The summed E-state index contributed by atoms with van der Waals surface area (Å²) in [4.78, 5) is 6.05. The first-order valence-electron chi connectivity index (χ1n) is 9.74. The zero-order valence-corrected chi connectivity index (χ0v) is 16.9. The van der Waals surface area contributed by atoms with Gasteiger partial charge in [-0.3, -0.25) is 4.84 Å². The normalized spacial score (nSPS) is 28.6. The van der Waals surface area contributed by atoms with Gasteiger partial charge in [0.1, 0.15) is 11.3 Å². The number of rotatable bonds is 3. The second-order valence-corrected chi connectivity index (χ2v) is 8.34. The number of piperidine rings is 1. The number of ether oxygens (including phenoxy) is 1. The average Bonchev–Trinajstić information content (AvgIpc) is 3.21. The van der Waals surface area contributed by atoms with Crippen molar-refractivity contribution in [1.29, 1.82) is 0 Å². The Hall–Kier alpha value is -1.19. The van der Waals surface area contributed by atoms with E-state index >= 15 is 0 Å². The molecular formula is C20H27ClN2O5. The van der Waals surface area contributed by atoms with E-state index in [1.165, 1.54) is 10.1 Å². The summed E-state index contributed by atoms with van der Waals surface area (Å²) in [5, 5.41) is 35.6. The van der Waals surface area contributed by atoms with Crippen molar-refractivity contribution in [1.82, 2.24) is 10.1 Å². The lowest BCUT2D eigenvalue weighted by atomic mass is 9.85. The zero-order chi connectivity index (χ0) is 20.1. The van der Waals surface area contributed by atoms with Crippen LogP contribution in [0.4, 0.5) is 0 Å². The van der Waals surface area contributed by atoms with E-state index in [4.69, 9.17) is 21.2 Å². The molecule has 0 bridgehead atoms. The van der Waals surface area contributed by atoms with Crippen molar-refractivity contribution in [2.75, 3.05) is 19.7 Å². The number of benzene rings is 1. The summed E-state index contributed by atoms with van der Waals surface area (Å²) in [7, 11) is 0. The molecule has 7 nitrogen and oxygen atoms in total. The Morgan fingerprint density at radius 3 is 2.57 bits per heavy atom. The van der Waals surface area contributed by atoms with Crippen molar-refractivity contribution in [2.24, 2.45) is 0 Å². The van der Waals surface area contributed by atoms with Gasteiger partial charge in [0.2, 0.25) is 0 Å². The van der Waals surface area contributed by atoms with Crippen LogP contribution in [0.2, 0.25) is 5.02 Å². The van der Waals surface area contributed by atoms with Gasteiger partial charge in [-0.1, -0.05) is 17.7 Å². The third-order valence-electron chi connectivity index (χ3n) is 5.99. The molecule has 2 saturated heterocycles. The van der Waals surface area contributed by atoms with Crippen LogP contribution in [-0.2, 0) is 9.57 Å². The molecule has 1 spiro atoms. The Morgan fingerprint density at radius 2 is 1.96 bits per heavy atom. The third-order valence-corrected chi connectivity index (χ3v) is 6.28. The molecule has 3 aliphatic heterocycles. The van der Waals surface area contributed by atoms with E-state index < -0.39 is 18.1 Å². The fourth-order valence-corrected chi connectivity index (χ4v) is 4.99. The van der Waals surface area contributed by atoms with E-state index in [9.17, 15) is 15.4 Å². The van der Waals surface area contributed by atoms with Crippen LogP contribution in [0.25, 0.3) is 5.57 Å². The maximum atomic E-state index is 11.3. The number of hydrogen-bond donors (Lipinski definition) is 3. The molecule has 8 heteroatoms. The number of aryl methyl sites for hydroxylation is 2. The molecule has 0 saturated carbocycles. The Balaban J connectivity index is 1.78. The van der Waals surface area contributed by atoms with Gasteiger partial charge >= 0.3 is 0 Å². The van der Waals surface area contributed by atoms with E-state index in [-0.39, 0.29) is 5.76 Å². The molecule has 0 aliphatic carbocycles. The molecule has 1 aromatic carbocycles. The summed E-state index contributed by atoms with van der Waals surface area (Å²) >= 11 is 6.53. The number of nitrogens with zero attached hydrogens (tertiary/aromatic N) is 2. The summed E-state index contributed by atoms with van der Waals surface area (Å²) in [6.45, 7) is 5.19. The largest absolute Gasteiger partial charge is 0.510 e. The topological polar surface area (TPSA) is 85.6 Å². The van der Waals surface area contributed by atoms with Crippen LogP contribution in [0.15, 0.2) is 17.9 Å². The molecular weight excluding hydrogens is 384 g/mol. The van der Waals surface area contributed by atoms with E-state index in [0.29, 0.717) is 48.7 Å². The quantitative estimate of drug-likeness (QED) is 0.705. The van der Waals surface area contributed by atoms with Crippen LogP contribution >= 0.6 is 11.6 Å².